The molecule has 6 heteroatoms. The Bertz CT molecular complexity index is 1100. The van der Waals surface area contributed by atoms with Gasteiger partial charge in [0.15, 0.2) is 0 Å². The molecule has 0 aliphatic heterocycles. The third kappa shape index (κ3) is 3.33. The molecule has 2 heterocycles. The van der Waals surface area contributed by atoms with Crippen molar-refractivity contribution in [3.8, 4) is 0 Å². The van der Waals surface area contributed by atoms with Crippen molar-refractivity contribution in [1.29, 1.82) is 0 Å². The van der Waals surface area contributed by atoms with E-state index >= 15 is 0 Å². The Labute approximate surface area is 155 Å². The topological polar surface area (TPSA) is 62.7 Å². The number of aryl methyl sites for hydroxylation is 1. The molecule has 0 spiro atoms. The zero-order valence-corrected chi connectivity index (χ0v) is 14.8. The number of fused-ring (bicyclic) bond motifs is 1. The lowest BCUT2D eigenvalue weighted by Gasteiger charge is -2.19. The number of carbonyl (C=O) groups excluding carboxylic acids is 1. The number of aromatic nitrogens is 3. The van der Waals surface area contributed by atoms with E-state index < -0.39 is 6.04 Å². The van der Waals surface area contributed by atoms with Gasteiger partial charge in [0.2, 0.25) is 5.91 Å². The number of rotatable bonds is 5. The van der Waals surface area contributed by atoms with Crippen LogP contribution in [0.3, 0.4) is 0 Å². The minimum Gasteiger partial charge on any atom is -0.361 e. The maximum Gasteiger partial charge on any atom is 0.225 e. The van der Waals surface area contributed by atoms with Crippen molar-refractivity contribution in [3.63, 3.8) is 0 Å². The number of amides is 1. The van der Waals surface area contributed by atoms with Crippen LogP contribution < -0.4 is 5.32 Å². The highest BCUT2D eigenvalue weighted by molar-refractivity contribution is 5.89. The molecule has 0 saturated carbocycles. The first kappa shape index (κ1) is 17.0. The van der Waals surface area contributed by atoms with Gasteiger partial charge < -0.3 is 14.9 Å². The molecule has 2 N–H and O–H groups in total. The SMILES string of the molecule is Cn1ccnc1[C@H](NC(=O)Cc1c[nH]c2ccccc12)c1ccccc1F. The van der Waals surface area contributed by atoms with Gasteiger partial charge in [-0.15, -0.1) is 0 Å². The van der Waals surface area contributed by atoms with Crippen molar-refractivity contribution < 1.29 is 9.18 Å². The third-order valence-corrected chi connectivity index (χ3v) is 4.66. The molecular weight excluding hydrogens is 343 g/mol. The highest BCUT2D eigenvalue weighted by atomic mass is 19.1. The fraction of sp³-hybridized carbons (Fsp3) is 0.143. The molecule has 0 fully saturated rings. The molecule has 2 aromatic carbocycles. The Morgan fingerprint density at radius 1 is 1.22 bits per heavy atom. The summed E-state index contributed by atoms with van der Waals surface area (Å²) in [6, 6.07) is 13.6. The van der Waals surface area contributed by atoms with E-state index in [1.807, 2.05) is 37.5 Å². The van der Waals surface area contributed by atoms with Crippen LogP contribution in [0.4, 0.5) is 4.39 Å². The van der Waals surface area contributed by atoms with E-state index in [-0.39, 0.29) is 18.1 Å². The second kappa shape index (κ2) is 7.07. The molecule has 4 aromatic rings. The predicted octanol–water partition coefficient (Wildman–Crippen LogP) is 3.49. The number of hydrogen-bond acceptors (Lipinski definition) is 2. The molecule has 1 atom stereocenters. The summed E-state index contributed by atoms with van der Waals surface area (Å²) >= 11 is 0. The highest BCUT2D eigenvalue weighted by Gasteiger charge is 2.23. The number of nitrogens with one attached hydrogen (secondary N) is 2. The summed E-state index contributed by atoms with van der Waals surface area (Å²) in [7, 11) is 1.82. The quantitative estimate of drug-likeness (QED) is 0.571. The van der Waals surface area contributed by atoms with Gasteiger partial charge in [-0.25, -0.2) is 9.37 Å². The number of imidazole rings is 1. The van der Waals surface area contributed by atoms with E-state index in [0.29, 0.717) is 11.4 Å². The van der Waals surface area contributed by atoms with Gasteiger partial charge in [0.25, 0.3) is 0 Å². The number of aromatic amines is 1. The second-order valence-electron chi connectivity index (χ2n) is 6.45. The molecule has 1 amide bonds. The Hall–Kier alpha value is -3.41. The van der Waals surface area contributed by atoms with Crippen LogP contribution in [0.2, 0.25) is 0 Å². The largest absolute Gasteiger partial charge is 0.361 e. The maximum absolute atomic E-state index is 14.4. The Morgan fingerprint density at radius 2 is 2.00 bits per heavy atom. The molecular formula is C21H19FN4O. The summed E-state index contributed by atoms with van der Waals surface area (Å²) in [5, 5.41) is 3.95. The Morgan fingerprint density at radius 3 is 2.78 bits per heavy atom. The monoisotopic (exact) mass is 362 g/mol. The van der Waals surface area contributed by atoms with Crippen LogP contribution >= 0.6 is 0 Å². The molecule has 0 saturated heterocycles. The standard InChI is InChI=1S/C21H19FN4O/c1-26-11-10-23-21(26)20(16-7-2-4-8-17(16)22)25-19(27)12-14-13-24-18-9-5-3-6-15(14)18/h2-11,13,20,24H,12H2,1H3,(H,25,27)/t20-/m1/s1. The molecule has 0 radical (unpaired) electrons. The number of para-hydroxylation sites is 1. The molecule has 27 heavy (non-hydrogen) atoms. The van der Waals surface area contributed by atoms with Gasteiger partial charge in [-0.3, -0.25) is 4.79 Å². The molecule has 2 aromatic heterocycles. The van der Waals surface area contributed by atoms with E-state index in [0.717, 1.165) is 16.5 Å². The minimum absolute atomic E-state index is 0.194. The van der Waals surface area contributed by atoms with Crippen LogP contribution in [0.25, 0.3) is 10.9 Å². The van der Waals surface area contributed by atoms with Gasteiger partial charge in [-0.2, -0.15) is 0 Å². The van der Waals surface area contributed by atoms with Crippen LogP contribution in [0.5, 0.6) is 0 Å². The summed E-state index contributed by atoms with van der Waals surface area (Å²) in [5.41, 5.74) is 2.27. The lowest BCUT2D eigenvalue weighted by molar-refractivity contribution is -0.121. The molecule has 0 bridgehead atoms. The van der Waals surface area contributed by atoms with Crippen molar-refractivity contribution in [2.45, 2.75) is 12.5 Å². The summed E-state index contributed by atoms with van der Waals surface area (Å²) in [4.78, 5) is 20.2. The fourth-order valence-electron chi connectivity index (χ4n) is 3.31. The minimum atomic E-state index is -0.663. The zero-order valence-electron chi connectivity index (χ0n) is 14.8. The van der Waals surface area contributed by atoms with Crippen LogP contribution in [-0.2, 0) is 18.3 Å². The summed E-state index contributed by atoms with van der Waals surface area (Å²) < 4.78 is 16.2. The van der Waals surface area contributed by atoms with Crippen molar-refractivity contribution in [3.05, 3.63) is 89.9 Å². The van der Waals surface area contributed by atoms with Crippen LogP contribution in [0.1, 0.15) is 23.0 Å². The average Bonchev–Trinajstić information content (AvgIpc) is 3.27. The number of H-pyrrole nitrogens is 1. The van der Waals surface area contributed by atoms with Crippen molar-refractivity contribution in [2.24, 2.45) is 7.05 Å². The lowest BCUT2D eigenvalue weighted by atomic mass is 10.0. The molecule has 0 unspecified atom stereocenters. The van der Waals surface area contributed by atoms with E-state index in [2.05, 4.69) is 15.3 Å². The number of carbonyl (C=O) groups is 1. The first-order valence-corrected chi connectivity index (χ1v) is 8.69. The van der Waals surface area contributed by atoms with Gasteiger partial charge >= 0.3 is 0 Å². The van der Waals surface area contributed by atoms with E-state index in [9.17, 15) is 9.18 Å². The molecule has 0 aliphatic carbocycles. The van der Waals surface area contributed by atoms with Gasteiger partial charge in [-0.1, -0.05) is 36.4 Å². The fourth-order valence-corrected chi connectivity index (χ4v) is 3.31. The smallest absolute Gasteiger partial charge is 0.225 e. The number of nitrogens with zero attached hydrogens (tertiary/aromatic N) is 2. The third-order valence-electron chi connectivity index (χ3n) is 4.66. The summed E-state index contributed by atoms with van der Waals surface area (Å²) in [6.07, 6.45) is 5.44. The van der Waals surface area contributed by atoms with Crippen molar-refractivity contribution in [1.82, 2.24) is 19.9 Å². The highest BCUT2D eigenvalue weighted by Crippen LogP contribution is 2.24. The van der Waals surface area contributed by atoms with Gasteiger partial charge in [0.05, 0.1) is 6.42 Å². The first-order chi connectivity index (χ1) is 13.1. The van der Waals surface area contributed by atoms with E-state index in [4.69, 9.17) is 0 Å². The molecule has 4 rings (SSSR count). The summed E-state index contributed by atoms with van der Waals surface area (Å²) in [6.45, 7) is 0. The van der Waals surface area contributed by atoms with Gasteiger partial charge in [0.1, 0.15) is 17.7 Å². The average molecular weight is 362 g/mol. The van der Waals surface area contributed by atoms with Crippen molar-refractivity contribution >= 4 is 16.8 Å². The van der Waals surface area contributed by atoms with Gasteiger partial charge in [-0.05, 0) is 17.7 Å². The molecule has 0 aliphatic rings. The lowest BCUT2D eigenvalue weighted by Crippen LogP contribution is -2.32. The number of halogens is 1. The Balaban J connectivity index is 1.63. The van der Waals surface area contributed by atoms with Crippen LogP contribution in [-0.4, -0.2) is 20.4 Å². The van der Waals surface area contributed by atoms with Crippen LogP contribution in [0, 0.1) is 5.82 Å². The van der Waals surface area contributed by atoms with E-state index in [1.165, 1.54) is 6.07 Å². The molecule has 136 valence electrons. The predicted molar refractivity (Wildman–Crippen MR) is 102 cm³/mol. The van der Waals surface area contributed by atoms with E-state index in [1.54, 1.807) is 35.2 Å². The second-order valence-corrected chi connectivity index (χ2v) is 6.45. The zero-order chi connectivity index (χ0) is 18.8. The summed E-state index contributed by atoms with van der Waals surface area (Å²) in [5.74, 6) is 0.00118. The normalized spacial score (nSPS) is 12.2. The maximum atomic E-state index is 14.4. The van der Waals surface area contributed by atoms with Crippen molar-refractivity contribution in [2.75, 3.05) is 0 Å². The molecule has 5 nitrogen and oxygen atoms in total. The van der Waals surface area contributed by atoms with Gasteiger partial charge in [0, 0.05) is 42.1 Å². The number of hydrogen-bond donors (Lipinski definition) is 2. The Kier molecular flexibility index (Phi) is 4.46. The van der Waals surface area contributed by atoms with Crippen LogP contribution in [0.15, 0.2) is 67.1 Å². The number of benzene rings is 2. The first-order valence-electron chi connectivity index (χ1n) is 8.69.